The number of benzene rings is 1. The van der Waals surface area contributed by atoms with Crippen molar-refractivity contribution in [3.63, 3.8) is 0 Å². The molecule has 1 saturated heterocycles. The SMILES string of the molecule is Cn1nc2cccc(S(=O)(=O)NC[C@@H]3CCCNC3)c2n1. The van der Waals surface area contributed by atoms with Gasteiger partial charge in [-0.15, -0.1) is 0 Å². The average molecular weight is 309 g/mol. The van der Waals surface area contributed by atoms with Crippen molar-refractivity contribution in [2.75, 3.05) is 19.6 Å². The molecular formula is C13H19N5O2S. The zero-order chi connectivity index (χ0) is 14.9. The van der Waals surface area contributed by atoms with Gasteiger partial charge >= 0.3 is 0 Å². The molecule has 2 N–H and O–H groups in total. The lowest BCUT2D eigenvalue weighted by Crippen LogP contribution is -2.38. The van der Waals surface area contributed by atoms with E-state index < -0.39 is 10.0 Å². The van der Waals surface area contributed by atoms with Crippen molar-refractivity contribution < 1.29 is 8.42 Å². The van der Waals surface area contributed by atoms with E-state index in [1.54, 1.807) is 25.2 Å². The van der Waals surface area contributed by atoms with Crippen molar-refractivity contribution in [1.29, 1.82) is 0 Å². The summed E-state index contributed by atoms with van der Waals surface area (Å²) in [5.74, 6) is 0.342. The summed E-state index contributed by atoms with van der Waals surface area (Å²) in [6.45, 7) is 2.33. The third-order valence-corrected chi connectivity index (χ3v) is 5.18. The number of nitrogens with one attached hydrogen (secondary N) is 2. The maximum absolute atomic E-state index is 12.5. The Morgan fingerprint density at radius 2 is 2.29 bits per heavy atom. The molecule has 0 bridgehead atoms. The highest BCUT2D eigenvalue weighted by molar-refractivity contribution is 7.89. The lowest BCUT2D eigenvalue weighted by atomic mass is 10.0. The van der Waals surface area contributed by atoms with Crippen LogP contribution in [0.5, 0.6) is 0 Å². The predicted octanol–water partition coefficient (Wildman–Crippen LogP) is 0.246. The molecule has 1 atom stereocenters. The minimum atomic E-state index is -3.57. The van der Waals surface area contributed by atoms with Crippen molar-refractivity contribution in [3.8, 4) is 0 Å². The van der Waals surface area contributed by atoms with Crippen molar-refractivity contribution in [2.45, 2.75) is 17.7 Å². The number of piperidine rings is 1. The van der Waals surface area contributed by atoms with E-state index >= 15 is 0 Å². The number of hydrogen-bond donors (Lipinski definition) is 2. The summed E-state index contributed by atoms with van der Waals surface area (Å²) in [7, 11) is -1.89. The van der Waals surface area contributed by atoms with E-state index in [-0.39, 0.29) is 4.90 Å². The first kappa shape index (κ1) is 14.4. The van der Waals surface area contributed by atoms with E-state index in [9.17, 15) is 8.42 Å². The van der Waals surface area contributed by atoms with Gasteiger partial charge in [-0.3, -0.25) is 0 Å². The second-order valence-corrected chi connectivity index (χ2v) is 7.11. The second kappa shape index (κ2) is 5.70. The van der Waals surface area contributed by atoms with Crippen LogP contribution in [0.15, 0.2) is 23.1 Å². The molecule has 1 aliphatic heterocycles. The molecular weight excluding hydrogens is 290 g/mol. The molecule has 1 aliphatic rings. The molecule has 1 aromatic carbocycles. The van der Waals surface area contributed by atoms with Crippen LogP contribution in [0.2, 0.25) is 0 Å². The summed E-state index contributed by atoms with van der Waals surface area (Å²) in [5, 5.41) is 11.6. The van der Waals surface area contributed by atoms with Crippen LogP contribution in [-0.4, -0.2) is 43.0 Å². The van der Waals surface area contributed by atoms with Gasteiger partial charge in [-0.05, 0) is 44.0 Å². The van der Waals surface area contributed by atoms with Gasteiger partial charge in [0.05, 0.1) is 0 Å². The highest BCUT2D eigenvalue weighted by atomic mass is 32.2. The first-order chi connectivity index (χ1) is 10.1. The summed E-state index contributed by atoms with van der Waals surface area (Å²) in [4.78, 5) is 1.58. The van der Waals surface area contributed by atoms with Crippen molar-refractivity contribution in [3.05, 3.63) is 18.2 Å². The molecule has 0 unspecified atom stereocenters. The van der Waals surface area contributed by atoms with E-state index in [1.165, 1.54) is 4.80 Å². The maximum Gasteiger partial charge on any atom is 0.242 e. The fourth-order valence-electron chi connectivity index (χ4n) is 2.64. The third kappa shape index (κ3) is 3.07. The monoisotopic (exact) mass is 309 g/mol. The van der Waals surface area contributed by atoms with Crippen LogP contribution in [0.3, 0.4) is 0 Å². The van der Waals surface area contributed by atoms with Crippen molar-refractivity contribution >= 4 is 21.1 Å². The molecule has 0 saturated carbocycles. The standard InChI is InChI=1S/C13H19N5O2S/c1-18-16-11-5-2-6-12(13(11)17-18)21(19,20)15-9-10-4-3-7-14-8-10/h2,5-6,10,14-15H,3-4,7-9H2,1H3/t10-/m1/s1. The maximum atomic E-state index is 12.5. The number of fused-ring (bicyclic) bond motifs is 1. The second-order valence-electron chi connectivity index (χ2n) is 5.38. The van der Waals surface area contributed by atoms with Crippen LogP contribution < -0.4 is 10.0 Å². The summed E-state index contributed by atoms with van der Waals surface area (Å²) in [6.07, 6.45) is 2.14. The number of aromatic nitrogens is 3. The van der Waals surface area contributed by atoms with Crippen LogP contribution in [0.1, 0.15) is 12.8 Å². The molecule has 114 valence electrons. The molecule has 1 aromatic heterocycles. The molecule has 7 nitrogen and oxygen atoms in total. The van der Waals surface area contributed by atoms with Gasteiger partial charge in [0, 0.05) is 13.6 Å². The van der Waals surface area contributed by atoms with E-state index in [4.69, 9.17) is 0 Å². The summed E-state index contributed by atoms with van der Waals surface area (Å²) >= 11 is 0. The smallest absolute Gasteiger partial charge is 0.242 e. The Kier molecular flexibility index (Phi) is 3.92. The molecule has 0 amide bonds. The van der Waals surface area contributed by atoms with Gasteiger partial charge in [0.2, 0.25) is 10.0 Å². The van der Waals surface area contributed by atoms with E-state index in [0.717, 1.165) is 25.9 Å². The van der Waals surface area contributed by atoms with Gasteiger partial charge in [-0.2, -0.15) is 15.0 Å². The molecule has 2 heterocycles. The Labute approximate surface area is 123 Å². The highest BCUT2D eigenvalue weighted by Crippen LogP contribution is 2.19. The van der Waals surface area contributed by atoms with Crippen LogP contribution in [-0.2, 0) is 17.1 Å². The van der Waals surface area contributed by atoms with E-state index in [0.29, 0.717) is 23.5 Å². The van der Waals surface area contributed by atoms with Crippen LogP contribution in [0, 0.1) is 5.92 Å². The lowest BCUT2D eigenvalue weighted by Gasteiger charge is -2.22. The predicted molar refractivity (Wildman–Crippen MR) is 79.3 cm³/mol. The van der Waals surface area contributed by atoms with Crippen LogP contribution >= 0.6 is 0 Å². The molecule has 0 radical (unpaired) electrons. The fraction of sp³-hybridized carbons (Fsp3) is 0.538. The third-order valence-electron chi connectivity index (χ3n) is 3.73. The fourth-order valence-corrected chi connectivity index (χ4v) is 3.90. The average Bonchev–Trinajstić information content (AvgIpc) is 2.86. The minimum absolute atomic E-state index is 0.192. The molecule has 8 heteroatoms. The van der Waals surface area contributed by atoms with Crippen molar-refractivity contribution in [1.82, 2.24) is 25.0 Å². The zero-order valence-electron chi connectivity index (χ0n) is 11.9. The number of aryl methyl sites for hydroxylation is 1. The Balaban J connectivity index is 1.82. The minimum Gasteiger partial charge on any atom is -0.316 e. The molecule has 3 rings (SSSR count). The Hall–Kier alpha value is -1.51. The number of hydrogen-bond acceptors (Lipinski definition) is 5. The quantitative estimate of drug-likeness (QED) is 0.845. The van der Waals surface area contributed by atoms with E-state index in [1.807, 2.05) is 0 Å². The van der Waals surface area contributed by atoms with Gasteiger partial charge in [0.25, 0.3) is 0 Å². The largest absolute Gasteiger partial charge is 0.316 e. The molecule has 2 aromatic rings. The van der Waals surface area contributed by atoms with Gasteiger partial charge < -0.3 is 5.32 Å². The van der Waals surface area contributed by atoms with Gasteiger partial charge in [-0.25, -0.2) is 13.1 Å². The van der Waals surface area contributed by atoms with Crippen molar-refractivity contribution in [2.24, 2.45) is 13.0 Å². The number of rotatable bonds is 4. The van der Waals surface area contributed by atoms with Crippen LogP contribution in [0.4, 0.5) is 0 Å². The Bertz CT molecular complexity index is 734. The highest BCUT2D eigenvalue weighted by Gasteiger charge is 2.22. The Morgan fingerprint density at radius 3 is 3.05 bits per heavy atom. The first-order valence-electron chi connectivity index (χ1n) is 7.07. The number of sulfonamides is 1. The summed E-state index contributed by atoms with van der Waals surface area (Å²) < 4.78 is 27.7. The summed E-state index contributed by atoms with van der Waals surface area (Å²) in [6, 6.07) is 5.01. The molecule has 1 fully saturated rings. The molecule has 21 heavy (non-hydrogen) atoms. The number of nitrogens with zero attached hydrogens (tertiary/aromatic N) is 3. The van der Waals surface area contributed by atoms with Gasteiger partial charge in [0.1, 0.15) is 15.9 Å². The zero-order valence-corrected chi connectivity index (χ0v) is 12.7. The normalized spacial score (nSPS) is 20.0. The Morgan fingerprint density at radius 1 is 1.43 bits per heavy atom. The van der Waals surface area contributed by atoms with Gasteiger partial charge in [-0.1, -0.05) is 6.07 Å². The molecule has 0 spiro atoms. The topological polar surface area (TPSA) is 88.9 Å². The van der Waals surface area contributed by atoms with E-state index in [2.05, 4.69) is 20.2 Å². The molecule has 0 aliphatic carbocycles. The van der Waals surface area contributed by atoms with Crippen LogP contribution in [0.25, 0.3) is 11.0 Å². The first-order valence-corrected chi connectivity index (χ1v) is 8.55. The summed E-state index contributed by atoms with van der Waals surface area (Å²) in [5.41, 5.74) is 0.994. The van der Waals surface area contributed by atoms with Gasteiger partial charge in [0.15, 0.2) is 0 Å². The lowest BCUT2D eigenvalue weighted by molar-refractivity contribution is 0.376.